The van der Waals surface area contributed by atoms with Gasteiger partial charge in [-0.05, 0) is 37.5 Å². The first-order valence-electron chi connectivity index (χ1n) is 10.2. The molecule has 0 aromatic rings. The third-order valence-corrected chi connectivity index (χ3v) is 4.92. The molecule has 2 N–H and O–H groups in total. The summed E-state index contributed by atoms with van der Waals surface area (Å²) in [5, 5.41) is 5.73. The number of carbonyl (C=O) groups excluding carboxylic acids is 2. The van der Waals surface area contributed by atoms with Gasteiger partial charge in [-0.25, -0.2) is 0 Å². The second kappa shape index (κ2) is 10.6. The molecule has 6 nitrogen and oxygen atoms in total. The van der Waals surface area contributed by atoms with Gasteiger partial charge in [0, 0.05) is 32.7 Å². The fourth-order valence-electron chi connectivity index (χ4n) is 3.58. The summed E-state index contributed by atoms with van der Waals surface area (Å²) in [6.07, 6.45) is 1.83. The maximum Gasteiger partial charge on any atom is 0.225 e. The van der Waals surface area contributed by atoms with E-state index in [0.29, 0.717) is 32.6 Å². The van der Waals surface area contributed by atoms with E-state index in [9.17, 15) is 9.59 Å². The highest BCUT2D eigenvalue weighted by Gasteiger charge is 2.33. The molecule has 166 valence electrons. The van der Waals surface area contributed by atoms with Gasteiger partial charge in [0.2, 0.25) is 11.8 Å². The Morgan fingerprint density at radius 1 is 0.929 bits per heavy atom. The zero-order valence-electron chi connectivity index (χ0n) is 19.9. The number of nitrogens with one attached hydrogen (secondary N) is 2. The number of hydrogen-bond donors (Lipinski definition) is 2. The Kier molecular flexibility index (Phi) is 10.2. The first kappa shape index (κ1) is 26.9. The van der Waals surface area contributed by atoms with Crippen molar-refractivity contribution >= 4 is 11.8 Å². The van der Waals surface area contributed by atoms with Crippen LogP contribution in [0.15, 0.2) is 0 Å². The highest BCUT2D eigenvalue weighted by atomic mass is 16.5. The van der Waals surface area contributed by atoms with Gasteiger partial charge in [-0.1, -0.05) is 41.5 Å². The van der Waals surface area contributed by atoms with E-state index in [0.717, 1.165) is 6.42 Å². The smallest absolute Gasteiger partial charge is 0.225 e. The summed E-state index contributed by atoms with van der Waals surface area (Å²) >= 11 is 0. The van der Waals surface area contributed by atoms with Crippen LogP contribution >= 0.6 is 0 Å². The molecule has 0 aliphatic carbocycles. The number of hydrogen-bond acceptors (Lipinski definition) is 4. The summed E-state index contributed by atoms with van der Waals surface area (Å²) < 4.78 is 11.2. The summed E-state index contributed by atoms with van der Waals surface area (Å²) in [4.78, 5) is 24.3. The van der Waals surface area contributed by atoms with Crippen molar-refractivity contribution in [3.05, 3.63) is 0 Å². The Hall–Kier alpha value is -1.14. The Bertz CT molecular complexity index is 511. The number of ether oxygens (including phenoxy) is 2. The SMILES string of the molecule is CNC(=O)CC(C)(C)OCCC(C)(C)C(=O)NCC(C)(C)CC(C)(C)COC. The predicted molar refractivity (Wildman–Crippen MR) is 114 cm³/mol. The molecule has 0 spiro atoms. The van der Waals surface area contributed by atoms with Gasteiger partial charge >= 0.3 is 0 Å². The highest BCUT2D eigenvalue weighted by Crippen LogP contribution is 2.33. The number of carbonyl (C=O) groups is 2. The van der Waals surface area contributed by atoms with Crippen LogP contribution in [0.4, 0.5) is 0 Å². The predicted octanol–water partition coefficient (Wildman–Crippen LogP) is 3.54. The van der Waals surface area contributed by atoms with Gasteiger partial charge in [-0.2, -0.15) is 0 Å². The van der Waals surface area contributed by atoms with Crippen molar-refractivity contribution in [1.82, 2.24) is 10.6 Å². The Morgan fingerprint density at radius 2 is 1.50 bits per heavy atom. The summed E-state index contributed by atoms with van der Waals surface area (Å²) in [5.74, 6) is -0.0292. The standard InChI is InChI=1S/C22H44N2O4/c1-19(2,14-20(3,4)16-27-10)15-24-18(26)21(5,6)11-12-28-22(7,8)13-17(25)23-9/h11-16H2,1-10H3,(H,23,25)(H,24,26). The molecular weight excluding hydrogens is 356 g/mol. The normalized spacial score (nSPS) is 13.4. The molecule has 28 heavy (non-hydrogen) atoms. The largest absolute Gasteiger partial charge is 0.384 e. The van der Waals surface area contributed by atoms with Gasteiger partial charge in [0.25, 0.3) is 0 Å². The van der Waals surface area contributed by atoms with Crippen LogP contribution in [0, 0.1) is 16.2 Å². The molecule has 0 radical (unpaired) electrons. The molecule has 0 aromatic carbocycles. The number of methoxy groups -OCH3 is 1. The fourth-order valence-corrected chi connectivity index (χ4v) is 3.58. The van der Waals surface area contributed by atoms with E-state index in [1.807, 2.05) is 27.7 Å². The quantitative estimate of drug-likeness (QED) is 0.496. The minimum absolute atomic E-state index is 0.0258. The van der Waals surface area contributed by atoms with E-state index in [4.69, 9.17) is 9.47 Å². The molecule has 6 heteroatoms. The zero-order chi connectivity index (χ0) is 22.2. The molecule has 0 fully saturated rings. The van der Waals surface area contributed by atoms with Crippen molar-refractivity contribution < 1.29 is 19.1 Å². The molecule has 0 heterocycles. The second-order valence-electron chi connectivity index (χ2n) is 10.7. The van der Waals surface area contributed by atoms with Gasteiger partial charge in [0.1, 0.15) is 0 Å². The number of rotatable bonds is 13. The van der Waals surface area contributed by atoms with Crippen LogP contribution in [0.2, 0.25) is 0 Å². The molecule has 0 bridgehead atoms. The second-order valence-corrected chi connectivity index (χ2v) is 10.7. The van der Waals surface area contributed by atoms with Crippen LogP contribution in [-0.2, 0) is 19.1 Å². The van der Waals surface area contributed by atoms with Gasteiger partial charge in [-0.15, -0.1) is 0 Å². The highest BCUT2D eigenvalue weighted by molar-refractivity contribution is 5.81. The van der Waals surface area contributed by atoms with E-state index < -0.39 is 11.0 Å². The first-order chi connectivity index (χ1) is 12.6. The van der Waals surface area contributed by atoms with E-state index in [-0.39, 0.29) is 22.6 Å². The van der Waals surface area contributed by atoms with Crippen LogP contribution in [0.3, 0.4) is 0 Å². The first-order valence-corrected chi connectivity index (χ1v) is 10.2. The van der Waals surface area contributed by atoms with Crippen molar-refractivity contribution in [3.8, 4) is 0 Å². The van der Waals surface area contributed by atoms with Crippen molar-refractivity contribution in [1.29, 1.82) is 0 Å². The third kappa shape index (κ3) is 11.0. The minimum atomic E-state index is -0.554. The van der Waals surface area contributed by atoms with Crippen LogP contribution in [0.25, 0.3) is 0 Å². The molecule has 0 aromatic heterocycles. The lowest BCUT2D eigenvalue weighted by Crippen LogP contribution is -2.44. The van der Waals surface area contributed by atoms with E-state index >= 15 is 0 Å². The summed E-state index contributed by atoms with van der Waals surface area (Å²) in [5.41, 5.74) is -1.06. The van der Waals surface area contributed by atoms with Gasteiger partial charge in [0.05, 0.1) is 18.6 Å². The van der Waals surface area contributed by atoms with Gasteiger partial charge in [0.15, 0.2) is 0 Å². The van der Waals surface area contributed by atoms with E-state index in [1.54, 1.807) is 14.2 Å². The molecule has 0 unspecified atom stereocenters. The van der Waals surface area contributed by atoms with Crippen LogP contribution < -0.4 is 10.6 Å². The Balaban J connectivity index is 4.56. The van der Waals surface area contributed by atoms with Gasteiger partial charge in [-0.3, -0.25) is 9.59 Å². The molecular formula is C22H44N2O4. The Labute approximate surface area is 172 Å². The van der Waals surface area contributed by atoms with Crippen LogP contribution in [-0.4, -0.2) is 51.3 Å². The molecule has 0 rings (SSSR count). The molecule has 0 aliphatic rings. The van der Waals surface area contributed by atoms with E-state index in [1.165, 1.54) is 0 Å². The molecule has 0 atom stereocenters. The molecule has 0 saturated carbocycles. The lowest BCUT2D eigenvalue weighted by Gasteiger charge is -2.35. The maximum atomic E-state index is 12.7. The van der Waals surface area contributed by atoms with Crippen molar-refractivity contribution in [2.45, 2.75) is 80.3 Å². The summed E-state index contributed by atoms with van der Waals surface area (Å²) in [6, 6.07) is 0. The summed E-state index contributed by atoms with van der Waals surface area (Å²) in [6.45, 7) is 18.1. The average molecular weight is 401 g/mol. The van der Waals surface area contributed by atoms with Crippen LogP contribution in [0.1, 0.15) is 74.7 Å². The van der Waals surface area contributed by atoms with Crippen molar-refractivity contribution in [2.24, 2.45) is 16.2 Å². The number of amides is 2. The average Bonchev–Trinajstić information content (AvgIpc) is 2.50. The summed E-state index contributed by atoms with van der Waals surface area (Å²) in [7, 11) is 3.33. The Morgan fingerprint density at radius 3 is 2.00 bits per heavy atom. The molecule has 0 saturated heterocycles. The monoisotopic (exact) mass is 400 g/mol. The van der Waals surface area contributed by atoms with Crippen LogP contribution in [0.5, 0.6) is 0 Å². The maximum absolute atomic E-state index is 12.7. The van der Waals surface area contributed by atoms with Crippen molar-refractivity contribution in [2.75, 3.05) is 33.9 Å². The third-order valence-electron chi connectivity index (χ3n) is 4.92. The zero-order valence-corrected chi connectivity index (χ0v) is 19.9. The van der Waals surface area contributed by atoms with Gasteiger partial charge < -0.3 is 20.1 Å². The fraction of sp³-hybridized carbons (Fsp3) is 0.909. The lowest BCUT2D eigenvalue weighted by atomic mass is 9.75. The molecule has 0 aliphatic heterocycles. The van der Waals surface area contributed by atoms with E-state index in [2.05, 4.69) is 38.3 Å². The van der Waals surface area contributed by atoms with Crippen molar-refractivity contribution in [3.63, 3.8) is 0 Å². The lowest BCUT2D eigenvalue weighted by molar-refractivity contribution is -0.134. The topological polar surface area (TPSA) is 76.7 Å². The molecule has 2 amide bonds. The minimum Gasteiger partial charge on any atom is -0.384 e.